The van der Waals surface area contributed by atoms with Crippen LogP contribution < -0.4 is 5.32 Å². The van der Waals surface area contributed by atoms with Crippen molar-refractivity contribution < 1.29 is 0 Å². The van der Waals surface area contributed by atoms with Crippen LogP contribution in [0.15, 0.2) is 0 Å². The SMILES string of the molecule is CCCCCCNCCN(C)C(C)C. The number of nitrogens with zero attached hydrogens (tertiary/aromatic N) is 1. The molecule has 0 unspecified atom stereocenters. The molecule has 0 aliphatic rings. The monoisotopic (exact) mass is 200 g/mol. The summed E-state index contributed by atoms with van der Waals surface area (Å²) in [7, 11) is 2.18. The smallest absolute Gasteiger partial charge is 0.0106 e. The van der Waals surface area contributed by atoms with Crippen LogP contribution in [0.25, 0.3) is 0 Å². The van der Waals surface area contributed by atoms with Crippen LogP contribution in [0.1, 0.15) is 46.5 Å². The Hall–Kier alpha value is -0.0800. The molecular formula is C12H28N2. The highest BCUT2D eigenvalue weighted by molar-refractivity contribution is 4.58. The van der Waals surface area contributed by atoms with Crippen LogP contribution in [-0.4, -0.2) is 37.6 Å². The second-order valence-corrected chi connectivity index (χ2v) is 4.39. The quantitative estimate of drug-likeness (QED) is 0.575. The zero-order valence-corrected chi connectivity index (χ0v) is 10.5. The first kappa shape index (κ1) is 13.9. The zero-order chi connectivity index (χ0) is 10.8. The molecule has 0 bridgehead atoms. The van der Waals surface area contributed by atoms with Gasteiger partial charge in [0.25, 0.3) is 0 Å². The molecule has 0 aliphatic heterocycles. The molecular weight excluding hydrogens is 172 g/mol. The standard InChI is InChI=1S/C12H28N2/c1-5-6-7-8-9-13-10-11-14(4)12(2)3/h12-13H,5-11H2,1-4H3. The molecule has 1 N–H and O–H groups in total. The molecule has 0 atom stereocenters. The van der Waals surface area contributed by atoms with Gasteiger partial charge in [-0.05, 0) is 33.9 Å². The van der Waals surface area contributed by atoms with Gasteiger partial charge in [-0.2, -0.15) is 0 Å². The van der Waals surface area contributed by atoms with Gasteiger partial charge in [-0.15, -0.1) is 0 Å². The van der Waals surface area contributed by atoms with Gasteiger partial charge in [-0.25, -0.2) is 0 Å². The fourth-order valence-corrected chi connectivity index (χ4v) is 1.32. The van der Waals surface area contributed by atoms with E-state index in [4.69, 9.17) is 0 Å². The van der Waals surface area contributed by atoms with Crippen LogP contribution in [0.5, 0.6) is 0 Å². The van der Waals surface area contributed by atoms with E-state index >= 15 is 0 Å². The molecule has 0 aromatic heterocycles. The Balaban J connectivity index is 3.06. The van der Waals surface area contributed by atoms with E-state index in [1.54, 1.807) is 0 Å². The summed E-state index contributed by atoms with van der Waals surface area (Å²) in [5.41, 5.74) is 0. The van der Waals surface area contributed by atoms with Crippen molar-refractivity contribution in [2.75, 3.05) is 26.7 Å². The van der Waals surface area contributed by atoms with Gasteiger partial charge in [0, 0.05) is 19.1 Å². The van der Waals surface area contributed by atoms with Gasteiger partial charge in [0.1, 0.15) is 0 Å². The van der Waals surface area contributed by atoms with Crippen molar-refractivity contribution in [1.29, 1.82) is 0 Å². The second kappa shape index (κ2) is 9.47. The summed E-state index contributed by atoms with van der Waals surface area (Å²) < 4.78 is 0. The third-order valence-corrected chi connectivity index (χ3v) is 2.73. The highest BCUT2D eigenvalue weighted by atomic mass is 15.1. The van der Waals surface area contributed by atoms with Crippen LogP contribution in [0, 0.1) is 0 Å². The third-order valence-electron chi connectivity index (χ3n) is 2.73. The van der Waals surface area contributed by atoms with Gasteiger partial charge in [0.15, 0.2) is 0 Å². The first-order chi connectivity index (χ1) is 6.68. The first-order valence-corrected chi connectivity index (χ1v) is 6.09. The molecule has 0 fully saturated rings. The molecule has 0 amide bonds. The molecule has 0 radical (unpaired) electrons. The summed E-state index contributed by atoms with van der Waals surface area (Å²) in [6.07, 6.45) is 5.42. The molecule has 0 aromatic carbocycles. The molecule has 0 saturated carbocycles. The summed E-state index contributed by atoms with van der Waals surface area (Å²) in [6, 6.07) is 0.664. The number of unbranched alkanes of at least 4 members (excludes halogenated alkanes) is 3. The predicted molar refractivity (Wildman–Crippen MR) is 64.8 cm³/mol. The Kier molecular flexibility index (Phi) is 9.42. The highest BCUT2D eigenvalue weighted by Crippen LogP contribution is 1.97. The Morgan fingerprint density at radius 3 is 2.36 bits per heavy atom. The van der Waals surface area contributed by atoms with Gasteiger partial charge in [0.05, 0.1) is 0 Å². The molecule has 0 aliphatic carbocycles. The molecule has 86 valence electrons. The Morgan fingerprint density at radius 2 is 1.79 bits per heavy atom. The fourth-order valence-electron chi connectivity index (χ4n) is 1.32. The maximum Gasteiger partial charge on any atom is 0.0106 e. The minimum atomic E-state index is 0.664. The molecule has 0 spiro atoms. The van der Waals surface area contributed by atoms with Crippen LogP contribution in [0.2, 0.25) is 0 Å². The lowest BCUT2D eigenvalue weighted by molar-refractivity contribution is 0.273. The summed E-state index contributed by atoms with van der Waals surface area (Å²) in [4.78, 5) is 2.37. The van der Waals surface area contributed by atoms with E-state index in [2.05, 4.69) is 38.0 Å². The van der Waals surface area contributed by atoms with Gasteiger partial charge >= 0.3 is 0 Å². The van der Waals surface area contributed by atoms with Gasteiger partial charge in [-0.3, -0.25) is 0 Å². The fraction of sp³-hybridized carbons (Fsp3) is 1.00. The lowest BCUT2D eigenvalue weighted by Gasteiger charge is -2.20. The topological polar surface area (TPSA) is 15.3 Å². The number of hydrogen-bond donors (Lipinski definition) is 1. The van der Waals surface area contributed by atoms with Gasteiger partial charge in [-0.1, -0.05) is 26.2 Å². The van der Waals surface area contributed by atoms with Crippen molar-refractivity contribution in [1.82, 2.24) is 10.2 Å². The lowest BCUT2D eigenvalue weighted by Crippen LogP contribution is -2.34. The van der Waals surface area contributed by atoms with E-state index in [1.807, 2.05) is 0 Å². The average Bonchev–Trinajstić information content (AvgIpc) is 2.16. The van der Waals surface area contributed by atoms with Crippen molar-refractivity contribution >= 4 is 0 Å². The summed E-state index contributed by atoms with van der Waals surface area (Å²) >= 11 is 0. The molecule has 2 nitrogen and oxygen atoms in total. The Morgan fingerprint density at radius 1 is 1.07 bits per heavy atom. The van der Waals surface area contributed by atoms with E-state index in [9.17, 15) is 0 Å². The number of likely N-dealkylation sites (N-methyl/N-ethyl adjacent to an activating group) is 1. The summed E-state index contributed by atoms with van der Waals surface area (Å²) in [6.45, 7) is 10.2. The van der Waals surface area contributed by atoms with Gasteiger partial charge in [0.2, 0.25) is 0 Å². The van der Waals surface area contributed by atoms with Crippen LogP contribution in [-0.2, 0) is 0 Å². The van der Waals surface area contributed by atoms with E-state index in [1.165, 1.54) is 32.2 Å². The van der Waals surface area contributed by atoms with Crippen LogP contribution >= 0.6 is 0 Å². The van der Waals surface area contributed by atoms with Crippen molar-refractivity contribution in [3.05, 3.63) is 0 Å². The van der Waals surface area contributed by atoms with Crippen LogP contribution in [0.4, 0.5) is 0 Å². The highest BCUT2D eigenvalue weighted by Gasteiger charge is 2.00. The Labute approximate surface area is 90.1 Å². The summed E-state index contributed by atoms with van der Waals surface area (Å²) in [5.74, 6) is 0. The van der Waals surface area contributed by atoms with Crippen molar-refractivity contribution in [3.63, 3.8) is 0 Å². The van der Waals surface area contributed by atoms with Crippen molar-refractivity contribution in [3.8, 4) is 0 Å². The molecule has 0 saturated heterocycles. The molecule has 0 rings (SSSR count). The third kappa shape index (κ3) is 8.52. The summed E-state index contributed by atoms with van der Waals surface area (Å²) in [5, 5.41) is 3.49. The number of hydrogen-bond acceptors (Lipinski definition) is 2. The first-order valence-electron chi connectivity index (χ1n) is 6.09. The maximum absolute atomic E-state index is 3.49. The predicted octanol–water partition coefficient (Wildman–Crippen LogP) is 2.50. The largest absolute Gasteiger partial charge is 0.315 e. The average molecular weight is 200 g/mol. The van der Waals surface area contributed by atoms with E-state index in [0.29, 0.717) is 6.04 Å². The van der Waals surface area contributed by atoms with Crippen molar-refractivity contribution in [2.24, 2.45) is 0 Å². The maximum atomic E-state index is 3.49. The molecule has 2 heteroatoms. The van der Waals surface area contributed by atoms with E-state index in [-0.39, 0.29) is 0 Å². The molecule has 0 heterocycles. The Bertz CT molecular complexity index is 113. The number of rotatable bonds is 9. The van der Waals surface area contributed by atoms with Crippen molar-refractivity contribution in [2.45, 2.75) is 52.5 Å². The second-order valence-electron chi connectivity index (χ2n) is 4.39. The zero-order valence-electron chi connectivity index (χ0n) is 10.5. The minimum absolute atomic E-state index is 0.664. The van der Waals surface area contributed by atoms with Gasteiger partial charge < -0.3 is 10.2 Å². The van der Waals surface area contributed by atoms with E-state index in [0.717, 1.165) is 13.1 Å². The van der Waals surface area contributed by atoms with E-state index < -0.39 is 0 Å². The lowest BCUT2D eigenvalue weighted by atomic mass is 10.2. The van der Waals surface area contributed by atoms with Crippen LogP contribution in [0.3, 0.4) is 0 Å². The normalized spacial score (nSPS) is 11.6. The molecule has 14 heavy (non-hydrogen) atoms. The molecule has 0 aromatic rings. The number of nitrogens with one attached hydrogen (secondary N) is 1. The minimum Gasteiger partial charge on any atom is -0.315 e.